The minimum absolute atomic E-state index is 0.0232. The highest BCUT2D eigenvalue weighted by Crippen LogP contribution is 2.36. The van der Waals surface area contributed by atoms with Gasteiger partial charge in [0, 0.05) is 22.4 Å². The van der Waals surface area contributed by atoms with Gasteiger partial charge in [0.2, 0.25) is 0 Å². The first kappa shape index (κ1) is 13.5. The zero-order chi connectivity index (χ0) is 15.8. The van der Waals surface area contributed by atoms with E-state index in [-0.39, 0.29) is 11.7 Å². The molecule has 0 bridgehead atoms. The number of hydrogen-bond acceptors (Lipinski definition) is 2. The van der Waals surface area contributed by atoms with Crippen LogP contribution in [0.15, 0.2) is 72.8 Å². The molecule has 0 saturated heterocycles. The summed E-state index contributed by atoms with van der Waals surface area (Å²) in [7, 11) is 0. The Morgan fingerprint density at radius 2 is 1.35 bits per heavy atom. The van der Waals surface area contributed by atoms with Crippen molar-refractivity contribution in [3.8, 4) is 11.1 Å². The van der Waals surface area contributed by atoms with Gasteiger partial charge in [-0.25, -0.2) is 0 Å². The molecule has 3 aromatic carbocycles. The summed E-state index contributed by atoms with van der Waals surface area (Å²) in [6.45, 7) is 0. The van der Waals surface area contributed by atoms with Crippen molar-refractivity contribution in [1.82, 2.24) is 0 Å². The number of hydrogen-bond donors (Lipinski definition) is 1. The van der Waals surface area contributed by atoms with E-state index in [1.165, 1.54) is 0 Å². The van der Waals surface area contributed by atoms with Crippen LogP contribution >= 0.6 is 0 Å². The minimum Gasteiger partial charge on any atom is -0.322 e. The predicted octanol–water partition coefficient (Wildman–Crippen LogP) is 4.15. The summed E-state index contributed by atoms with van der Waals surface area (Å²) in [5.74, 6) is -0.243. The molecular formula is C20H13NO2. The maximum absolute atomic E-state index is 12.5. The standard InChI is InChI=1S/C20H13NO2/c22-19-17-9-5-4-8-15(17)16-11-10-13(12-18(16)19)20(23)21-14-6-2-1-3-7-14/h1-12H,(H,21,23). The van der Waals surface area contributed by atoms with E-state index in [2.05, 4.69) is 5.32 Å². The van der Waals surface area contributed by atoms with Gasteiger partial charge in [0.05, 0.1) is 0 Å². The van der Waals surface area contributed by atoms with E-state index in [9.17, 15) is 9.59 Å². The van der Waals surface area contributed by atoms with E-state index in [1.54, 1.807) is 12.1 Å². The first-order valence-corrected chi connectivity index (χ1v) is 7.38. The molecule has 0 fully saturated rings. The fourth-order valence-corrected chi connectivity index (χ4v) is 2.89. The summed E-state index contributed by atoms with van der Waals surface area (Å²) in [6.07, 6.45) is 0. The van der Waals surface area contributed by atoms with Gasteiger partial charge in [0.1, 0.15) is 0 Å². The SMILES string of the molecule is O=C(Nc1ccccc1)c1ccc2c(c1)C(=O)c1ccccc1-2. The Morgan fingerprint density at radius 3 is 2.13 bits per heavy atom. The van der Waals surface area contributed by atoms with Gasteiger partial charge in [-0.15, -0.1) is 0 Å². The van der Waals surface area contributed by atoms with Crippen molar-refractivity contribution in [3.05, 3.63) is 89.5 Å². The fraction of sp³-hybridized carbons (Fsp3) is 0. The number of ketones is 1. The van der Waals surface area contributed by atoms with Crippen LogP contribution in [0.3, 0.4) is 0 Å². The third-order valence-corrected chi connectivity index (χ3v) is 4.02. The van der Waals surface area contributed by atoms with Crippen LogP contribution in [0.4, 0.5) is 5.69 Å². The number of rotatable bonds is 2. The molecule has 110 valence electrons. The largest absolute Gasteiger partial charge is 0.322 e. The number of para-hydroxylation sites is 1. The molecule has 3 heteroatoms. The summed E-state index contributed by atoms with van der Waals surface area (Å²) >= 11 is 0. The second kappa shape index (κ2) is 5.21. The lowest BCUT2D eigenvalue weighted by Gasteiger charge is -2.06. The first-order chi connectivity index (χ1) is 11.2. The van der Waals surface area contributed by atoms with Crippen LogP contribution in [0.25, 0.3) is 11.1 Å². The summed E-state index contributed by atoms with van der Waals surface area (Å²) < 4.78 is 0. The molecule has 1 aliphatic rings. The number of fused-ring (bicyclic) bond motifs is 3. The zero-order valence-corrected chi connectivity index (χ0v) is 12.2. The van der Waals surface area contributed by atoms with Crippen molar-refractivity contribution >= 4 is 17.4 Å². The van der Waals surface area contributed by atoms with Gasteiger partial charge in [-0.2, -0.15) is 0 Å². The van der Waals surface area contributed by atoms with E-state index in [0.29, 0.717) is 16.7 Å². The van der Waals surface area contributed by atoms with Gasteiger partial charge >= 0.3 is 0 Å². The normalized spacial score (nSPS) is 11.7. The molecule has 1 amide bonds. The molecule has 0 unspecified atom stereocenters. The second-order valence-corrected chi connectivity index (χ2v) is 5.46. The molecule has 1 aliphatic carbocycles. The molecule has 3 aromatic rings. The van der Waals surface area contributed by atoms with Gasteiger partial charge in [0.15, 0.2) is 5.78 Å². The lowest BCUT2D eigenvalue weighted by molar-refractivity contribution is 0.102. The molecule has 0 heterocycles. The maximum Gasteiger partial charge on any atom is 0.255 e. The Balaban J connectivity index is 1.69. The van der Waals surface area contributed by atoms with Gasteiger partial charge in [0.25, 0.3) is 5.91 Å². The topological polar surface area (TPSA) is 46.2 Å². The van der Waals surface area contributed by atoms with Crippen LogP contribution in [0.2, 0.25) is 0 Å². The molecule has 1 N–H and O–H groups in total. The highest BCUT2D eigenvalue weighted by molar-refractivity contribution is 6.22. The van der Waals surface area contributed by atoms with Crippen molar-refractivity contribution in [3.63, 3.8) is 0 Å². The predicted molar refractivity (Wildman–Crippen MR) is 89.7 cm³/mol. The van der Waals surface area contributed by atoms with Crippen LogP contribution in [-0.4, -0.2) is 11.7 Å². The molecule has 23 heavy (non-hydrogen) atoms. The van der Waals surface area contributed by atoms with Crippen LogP contribution in [0.5, 0.6) is 0 Å². The summed E-state index contributed by atoms with van der Waals surface area (Å²) in [5.41, 5.74) is 4.32. The van der Waals surface area contributed by atoms with E-state index < -0.39 is 0 Å². The highest BCUT2D eigenvalue weighted by atomic mass is 16.1. The van der Waals surface area contributed by atoms with E-state index >= 15 is 0 Å². The Hall–Kier alpha value is -3.20. The maximum atomic E-state index is 12.5. The summed E-state index contributed by atoms with van der Waals surface area (Å²) in [6, 6.07) is 22.1. The summed E-state index contributed by atoms with van der Waals surface area (Å²) in [4.78, 5) is 24.9. The second-order valence-electron chi connectivity index (χ2n) is 5.46. The third kappa shape index (κ3) is 2.23. The van der Waals surface area contributed by atoms with Gasteiger partial charge < -0.3 is 5.32 Å². The molecule has 4 rings (SSSR count). The number of amides is 1. The van der Waals surface area contributed by atoms with Gasteiger partial charge in [-0.1, -0.05) is 48.5 Å². The van der Waals surface area contributed by atoms with Crippen LogP contribution in [0, 0.1) is 0 Å². The third-order valence-electron chi connectivity index (χ3n) is 4.02. The monoisotopic (exact) mass is 299 g/mol. The van der Waals surface area contributed by atoms with Crippen molar-refractivity contribution in [2.24, 2.45) is 0 Å². The summed E-state index contributed by atoms with van der Waals surface area (Å²) in [5, 5.41) is 2.84. The number of nitrogens with one attached hydrogen (secondary N) is 1. The average molecular weight is 299 g/mol. The number of carbonyl (C=O) groups excluding carboxylic acids is 2. The van der Waals surface area contributed by atoms with Crippen molar-refractivity contribution in [2.75, 3.05) is 5.32 Å². The van der Waals surface area contributed by atoms with Gasteiger partial charge in [-0.3, -0.25) is 9.59 Å². The van der Waals surface area contributed by atoms with Gasteiger partial charge in [-0.05, 0) is 35.4 Å². The van der Waals surface area contributed by atoms with Crippen LogP contribution in [-0.2, 0) is 0 Å². The number of anilines is 1. The quantitative estimate of drug-likeness (QED) is 0.604. The van der Waals surface area contributed by atoms with E-state index in [0.717, 1.165) is 16.8 Å². The Kier molecular flexibility index (Phi) is 3.05. The smallest absolute Gasteiger partial charge is 0.255 e. The van der Waals surface area contributed by atoms with E-state index in [1.807, 2.05) is 60.7 Å². The first-order valence-electron chi connectivity index (χ1n) is 7.38. The molecule has 0 aliphatic heterocycles. The molecule has 0 saturated carbocycles. The van der Waals surface area contributed by atoms with E-state index in [4.69, 9.17) is 0 Å². The Labute approximate surface area is 133 Å². The lowest BCUT2D eigenvalue weighted by atomic mass is 10.0. The Morgan fingerprint density at radius 1 is 0.696 bits per heavy atom. The Bertz CT molecular complexity index is 929. The number of carbonyl (C=O) groups is 2. The molecule has 0 atom stereocenters. The minimum atomic E-state index is -0.220. The fourth-order valence-electron chi connectivity index (χ4n) is 2.89. The molecule has 3 nitrogen and oxygen atoms in total. The van der Waals surface area contributed by atoms with Crippen molar-refractivity contribution in [1.29, 1.82) is 0 Å². The number of benzene rings is 3. The molecule has 0 aromatic heterocycles. The van der Waals surface area contributed by atoms with Crippen LogP contribution < -0.4 is 5.32 Å². The molecule has 0 radical (unpaired) electrons. The molecular weight excluding hydrogens is 286 g/mol. The van der Waals surface area contributed by atoms with Crippen molar-refractivity contribution < 1.29 is 9.59 Å². The van der Waals surface area contributed by atoms with Crippen LogP contribution in [0.1, 0.15) is 26.3 Å². The highest BCUT2D eigenvalue weighted by Gasteiger charge is 2.26. The average Bonchev–Trinajstić information content (AvgIpc) is 2.89. The van der Waals surface area contributed by atoms with Crippen molar-refractivity contribution in [2.45, 2.75) is 0 Å². The molecule has 0 spiro atoms. The zero-order valence-electron chi connectivity index (χ0n) is 12.2. The lowest BCUT2D eigenvalue weighted by Crippen LogP contribution is -2.12.